The third-order valence-corrected chi connectivity index (χ3v) is 1.96. The molecule has 84 valence electrons. The number of ether oxygens (including phenoxy) is 1. The highest BCUT2D eigenvalue weighted by Crippen LogP contribution is 1.94. The van der Waals surface area contributed by atoms with Crippen LogP contribution in [0.25, 0.3) is 0 Å². The average molecular weight is 203 g/mol. The fourth-order valence-corrected chi connectivity index (χ4v) is 1.04. The Morgan fingerprint density at radius 3 is 2.64 bits per heavy atom. The Kier molecular flexibility index (Phi) is 8.51. The molecule has 14 heavy (non-hydrogen) atoms. The zero-order valence-corrected chi connectivity index (χ0v) is 8.79. The van der Waals surface area contributed by atoms with E-state index in [0.717, 1.165) is 12.8 Å². The topological polar surface area (TPSA) is 90.4 Å². The second-order valence-corrected chi connectivity index (χ2v) is 3.14. The number of carbonyl (C=O) groups is 1. The molecule has 1 atom stereocenters. The summed E-state index contributed by atoms with van der Waals surface area (Å²) in [7, 11) is 1.55. The monoisotopic (exact) mass is 203 g/mol. The molecule has 0 aromatic rings. The van der Waals surface area contributed by atoms with Crippen molar-refractivity contribution in [3.63, 3.8) is 0 Å². The van der Waals surface area contributed by atoms with Crippen LogP contribution in [-0.4, -0.2) is 38.8 Å². The molecule has 0 rings (SSSR count). The summed E-state index contributed by atoms with van der Waals surface area (Å²) in [6, 6.07) is 0. The summed E-state index contributed by atoms with van der Waals surface area (Å²) in [5.74, 6) is -0.0145. The van der Waals surface area contributed by atoms with Crippen molar-refractivity contribution in [3.8, 4) is 0 Å². The molecule has 0 aromatic carbocycles. The van der Waals surface area contributed by atoms with E-state index in [9.17, 15) is 4.79 Å². The van der Waals surface area contributed by atoms with Gasteiger partial charge in [0.05, 0.1) is 12.5 Å². The predicted molar refractivity (Wildman–Crippen MR) is 55.8 cm³/mol. The summed E-state index contributed by atoms with van der Waals surface area (Å²) in [4.78, 5) is 11.3. The van der Waals surface area contributed by atoms with Crippen LogP contribution in [0, 0.1) is 0 Å². The zero-order chi connectivity index (χ0) is 10.8. The minimum absolute atomic E-state index is 0.0145. The molecule has 5 heteroatoms. The first-order chi connectivity index (χ1) is 6.74. The van der Waals surface area contributed by atoms with Gasteiger partial charge in [-0.15, -0.1) is 0 Å². The molecule has 0 radical (unpaired) electrons. The van der Waals surface area contributed by atoms with Crippen molar-refractivity contribution in [2.45, 2.75) is 25.4 Å². The third-order valence-electron chi connectivity index (χ3n) is 1.96. The Morgan fingerprint density at radius 2 is 2.14 bits per heavy atom. The number of hydrogen-bond donors (Lipinski definition) is 3. The third kappa shape index (κ3) is 6.82. The van der Waals surface area contributed by atoms with Gasteiger partial charge in [0.1, 0.15) is 0 Å². The van der Waals surface area contributed by atoms with Crippen molar-refractivity contribution in [2.75, 3.05) is 26.7 Å². The highest BCUT2D eigenvalue weighted by molar-refractivity contribution is 5.76. The number of methoxy groups -OCH3 is 1. The van der Waals surface area contributed by atoms with E-state index in [1.54, 1.807) is 7.11 Å². The molecule has 0 heterocycles. The van der Waals surface area contributed by atoms with Gasteiger partial charge >= 0.3 is 0 Å². The average Bonchev–Trinajstić information content (AvgIpc) is 2.21. The molecule has 1 amide bonds. The van der Waals surface area contributed by atoms with E-state index in [0.29, 0.717) is 26.1 Å². The van der Waals surface area contributed by atoms with E-state index in [4.69, 9.17) is 16.2 Å². The second-order valence-electron chi connectivity index (χ2n) is 3.14. The Labute approximate surface area is 85.2 Å². The molecule has 0 aliphatic rings. The van der Waals surface area contributed by atoms with Crippen LogP contribution in [0.2, 0.25) is 0 Å². The quantitative estimate of drug-likeness (QED) is 0.451. The Bertz CT molecular complexity index is 149. The molecule has 5 N–H and O–H groups in total. The van der Waals surface area contributed by atoms with E-state index in [1.807, 2.05) is 0 Å². The minimum Gasteiger partial charge on any atom is -0.380 e. The van der Waals surface area contributed by atoms with Gasteiger partial charge in [0, 0.05) is 20.2 Å². The fraction of sp³-hybridized carbons (Fsp3) is 0.889. The van der Waals surface area contributed by atoms with Crippen LogP contribution < -0.4 is 16.8 Å². The Hall–Kier alpha value is -0.650. The number of amides is 1. The maximum atomic E-state index is 11.3. The van der Waals surface area contributed by atoms with E-state index >= 15 is 0 Å². The van der Waals surface area contributed by atoms with Crippen molar-refractivity contribution >= 4 is 5.91 Å². The van der Waals surface area contributed by atoms with Crippen molar-refractivity contribution in [1.29, 1.82) is 0 Å². The number of rotatable bonds is 8. The van der Waals surface area contributed by atoms with Crippen LogP contribution in [-0.2, 0) is 9.53 Å². The van der Waals surface area contributed by atoms with Crippen molar-refractivity contribution in [3.05, 3.63) is 0 Å². The van der Waals surface area contributed by atoms with Gasteiger partial charge in [-0.25, -0.2) is 0 Å². The number of nitrogens with two attached hydrogens (primary N) is 2. The van der Waals surface area contributed by atoms with Gasteiger partial charge in [-0.3, -0.25) is 4.79 Å². The lowest BCUT2D eigenvalue weighted by Gasteiger charge is -2.12. The Balaban J connectivity index is 3.44. The van der Waals surface area contributed by atoms with Gasteiger partial charge < -0.3 is 21.5 Å². The summed E-state index contributed by atoms with van der Waals surface area (Å²) in [6.07, 6.45) is 2.01. The zero-order valence-electron chi connectivity index (χ0n) is 8.79. The molecule has 0 saturated carbocycles. The van der Waals surface area contributed by atoms with Gasteiger partial charge in [0.2, 0.25) is 5.91 Å². The van der Waals surface area contributed by atoms with Crippen LogP contribution >= 0.6 is 0 Å². The summed E-state index contributed by atoms with van der Waals surface area (Å²) in [6.45, 7) is 1.71. The second kappa shape index (κ2) is 8.93. The van der Waals surface area contributed by atoms with Crippen LogP contribution in [0.5, 0.6) is 0 Å². The van der Waals surface area contributed by atoms with Gasteiger partial charge in [-0.2, -0.15) is 0 Å². The first-order valence-corrected chi connectivity index (χ1v) is 4.94. The number of carbonyl (C=O) groups excluding carboxylic acids is 1. The lowest BCUT2D eigenvalue weighted by molar-refractivity contribution is -0.123. The summed E-state index contributed by atoms with van der Waals surface area (Å²) in [5.41, 5.74) is 10.7. The predicted octanol–water partition coefficient (Wildman–Crippen LogP) is -0.795. The summed E-state index contributed by atoms with van der Waals surface area (Å²) < 4.78 is 4.99. The SMILES string of the molecule is COC(CN)CC(=O)NCCCCN. The van der Waals surface area contributed by atoms with Crippen LogP contribution in [0.3, 0.4) is 0 Å². The number of hydrogen-bond acceptors (Lipinski definition) is 4. The molecule has 1 unspecified atom stereocenters. The van der Waals surface area contributed by atoms with Crippen LogP contribution in [0.15, 0.2) is 0 Å². The van der Waals surface area contributed by atoms with Crippen molar-refractivity contribution < 1.29 is 9.53 Å². The highest BCUT2D eigenvalue weighted by atomic mass is 16.5. The molecule has 0 aliphatic heterocycles. The van der Waals surface area contributed by atoms with E-state index in [-0.39, 0.29) is 12.0 Å². The smallest absolute Gasteiger partial charge is 0.222 e. The van der Waals surface area contributed by atoms with Gasteiger partial charge in [-0.1, -0.05) is 0 Å². The summed E-state index contributed by atoms with van der Waals surface area (Å²) in [5, 5.41) is 2.79. The number of unbranched alkanes of at least 4 members (excludes halogenated alkanes) is 1. The Morgan fingerprint density at radius 1 is 1.43 bits per heavy atom. The molecule has 0 bridgehead atoms. The minimum atomic E-state index is -0.176. The van der Waals surface area contributed by atoms with E-state index in [2.05, 4.69) is 5.32 Å². The first-order valence-electron chi connectivity index (χ1n) is 4.94. The van der Waals surface area contributed by atoms with E-state index < -0.39 is 0 Å². The molecule has 0 spiro atoms. The summed E-state index contributed by atoms with van der Waals surface area (Å²) >= 11 is 0. The van der Waals surface area contributed by atoms with Crippen LogP contribution in [0.1, 0.15) is 19.3 Å². The fourth-order valence-electron chi connectivity index (χ4n) is 1.04. The lowest BCUT2D eigenvalue weighted by atomic mass is 10.2. The largest absolute Gasteiger partial charge is 0.380 e. The molecule has 0 aliphatic carbocycles. The van der Waals surface area contributed by atoms with Gasteiger partial charge in [0.25, 0.3) is 0 Å². The normalized spacial score (nSPS) is 12.5. The number of nitrogens with one attached hydrogen (secondary N) is 1. The van der Waals surface area contributed by atoms with Crippen LogP contribution in [0.4, 0.5) is 0 Å². The lowest BCUT2D eigenvalue weighted by Crippen LogP contribution is -2.32. The highest BCUT2D eigenvalue weighted by Gasteiger charge is 2.10. The van der Waals surface area contributed by atoms with E-state index in [1.165, 1.54) is 0 Å². The molecular weight excluding hydrogens is 182 g/mol. The molecule has 5 nitrogen and oxygen atoms in total. The molecular formula is C9H21N3O2. The first kappa shape index (κ1) is 13.4. The maximum Gasteiger partial charge on any atom is 0.222 e. The molecule has 0 fully saturated rings. The van der Waals surface area contributed by atoms with Gasteiger partial charge in [0.15, 0.2) is 0 Å². The van der Waals surface area contributed by atoms with Gasteiger partial charge in [-0.05, 0) is 19.4 Å². The molecule has 0 aromatic heterocycles. The van der Waals surface area contributed by atoms with Crippen molar-refractivity contribution in [2.24, 2.45) is 11.5 Å². The maximum absolute atomic E-state index is 11.3. The standard InChI is InChI=1S/C9H21N3O2/c1-14-8(7-11)6-9(13)12-5-3-2-4-10/h8H,2-7,10-11H2,1H3,(H,12,13). The van der Waals surface area contributed by atoms with Crippen molar-refractivity contribution in [1.82, 2.24) is 5.32 Å². The molecule has 0 saturated heterocycles.